The van der Waals surface area contributed by atoms with Gasteiger partial charge >= 0.3 is 0 Å². The van der Waals surface area contributed by atoms with Crippen LogP contribution in [0.3, 0.4) is 0 Å². The van der Waals surface area contributed by atoms with E-state index in [1.807, 2.05) is 13.8 Å². The lowest BCUT2D eigenvalue weighted by atomic mass is 9.95. The Labute approximate surface area is 132 Å². The average molecular weight is 354 g/mol. The fourth-order valence-electron chi connectivity index (χ4n) is 2.44. The number of halogens is 3. The molecule has 0 bridgehead atoms. The van der Waals surface area contributed by atoms with Crippen molar-refractivity contribution in [2.75, 3.05) is 6.54 Å². The third-order valence-corrected chi connectivity index (χ3v) is 3.99. The number of rotatable bonds is 5. The highest BCUT2D eigenvalue weighted by Gasteiger charge is 2.16. The van der Waals surface area contributed by atoms with E-state index in [9.17, 15) is 8.78 Å². The highest BCUT2D eigenvalue weighted by atomic mass is 79.9. The first-order chi connectivity index (χ1) is 10.0. The lowest BCUT2D eigenvalue weighted by Crippen LogP contribution is -2.24. The van der Waals surface area contributed by atoms with E-state index in [-0.39, 0.29) is 17.7 Å². The molecule has 0 heterocycles. The van der Waals surface area contributed by atoms with Gasteiger partial charge in [-0.05, 0) is 66.9 Å². The van der Waals surface area contributed by atoms with Crippen LogP contribution in [0.1, 0.15) is 29.7 Å². The van der Waals surface area contributed by atoms with Gasteiger partial charge in [0.05, 0.1) is 0 Å². The molecule has 0 radical (unpaired) electrons. The third kappa shape index (κ3) is 4.11. The first-order valence-electron chi connectivity index (χ1n) is 6.94. The van der Waals surface area contributed by atoms with Crippen molar-refractivity contribution in [2.24, 2.45) is 0 Å². The number of hydrogen-bond acceptors (Lipinski definition) is 1. The molecule has 1 atom stereocenters. The molecule has 2 rings (SSSR count). The van der Waals surface area contributed by atoms with Crippen LogP contribution in [-0.4, -0.2) is 6.54 Å². The molecule has 2 aromatic carbocycles. The summed E-state index contributed by atoms with van der Waals surface area (Å²) in [5, 5.41) is 3.31. The predicted molar refractivity (Wildman–Crippen MR) is 85.4 cm³/mol. The van der Waals surface area contributed by atoms with Gasteiger partial charge in [0.1, 0.15) is 11.6 Å². The van der Waals surface area contributed by atoms with Crippen molar-refractivity contribution >= 4 is 15.9 Å². The zero-order valence-electron chi connectivity index (χ0n) is 12.1. The van der Waals surface area contributed by atoms with Crippen molar-refractivity contribution in [3.63, 3.8) is 0 Å². The van der Waals surface area contributed by atoms with Gasteiger partial charge in [-0.25, -0.2) is 8.78 Å². The molecule has 0 saturated heterocycles. The normalized spacial score (nSPS) is 12.4. The predicted octanol–water partition coefficient (Wildman–Crippen LogP) is 4.93. The van der Waals surface area contributed by atoms with Crippen LogP contribution in [0.25, 0.3) is 0 Å². The zero-order chi connectivity index (χ0) is 15.4. The van der Waals surface area contributed by atoms with Crippen molar-refractivity contribution in [3.05, 3.63) is 69.2 Å². The van der Waals surface area contributed by atoms with Crippen molar-refractivity contribution in [2.45, 2.75) is 26.3 Å². The minimum atomic E-state index is -0.270. The van der Waals surface area contributed by atoms with Crippen molar-refractivity contribution < 1.29 is 8.78 Å². The van der Waals surface area contributed by atoms with Crippen LogP contribution in [0.4, 0.5) is 8.78 Å². The summed E-state index contributed by atoms with van der Waals surface area (Å²) in [4.78, 5) is 0. The minimum Gasteiger partial charge on any atom is -0.310 e. The van der Waals surface area contributed by atoms with Crippen LogP contribution in [0, 0.1) is 18.6 Å². The summed E-state index contributed by atoms with van der Waals surface area (Å²) < 4.78 is 28.3. The molecule has 1 nitrogen and oxygen atoms in total. The molecular formula is C17H18BrF2N. The Morgan fingerprint density at radius 1 is 1.14 bits per heavy atom. The van der Waals surface area contributed by atoms with Gasteiger partial charge in [0.25, 0.3) is 0 Å². The lowest BCUT2D eigenvalue weighted by molar-refractivity contribution is 0.521. The van der Waals surface area contributed by atoms with Crippen molar-refractivity contribution in [1.82, 2.24) is 5.32 Å². The second kappa shape index (κ2) is 7.14. The summed E-state index contributed by atoms with van der Waals surface area (Å²) in [6.07, 6.45) is 0.476. The molecular weight excluding hydrogens is 336 g/mol. The van der Waals surface area contributed by atoms with Crippen molar-refractivity contribution in [3.8, 4) is 0 Å². The van der Waals surface area contributed by atoms with Gasteiger partial charge in [-0.1, -0.05) is 28.9 Å². The largest absolute Gasteiger partial charge is 0.310 e. The summed E-state index contributed by atoms with van der Waals surface area (Å²) in [6, 6.07) is 9.50. The Morgan fingerprint density at radius 3 is 2.62 bits per heavy atom. The van der Waals surface area contributed by atoms with Crippen LogP contribution in [0.2, 0.25) is 0 Å². The first kappa shape index (κ1) is 16.1. The molecule has 1 N–H and O–H groups in total. The lowest BCUT2D eigenvalue weighted by Gasteiger charge is -2.21. The summed E-state index contributed by atoms with van der Waals surface area (Å²) >= 11 is 3.36. The SMILES string of the molecule is CCNC(Cc1cc(Br)ccc1F)c1cc(F)ccc1C. The van der Waals surface area contributed by atoms with E-state index in [1.165, 1.54) is 18.2 Å². The Hall–Kier alpha value is -1.26. The Bertz CT molecular complexity index is 628. The summed E-state index contributed by atoms with van der Waals surface area (Å²) in [6.45, 7) is 4.66. The Kier molecular flexibility index (Phi) is 5.48. The van der Waals surface area contributed by atoms with E-state index in [0.29, 0.717) is 12.0 Å². The molecule has 0 fully saturated rings. The third-order valence-electron chi connectivity index (χ3n) is 3.50. The standard InChI is InChI=1S/C17H18BrF2N/c1-3-21-17(15-10-14(19)6-4-11(15)2)9-12-8-13(18)5-7-16(12)20/h4-8,10,17,21H,3,9H2,1-2H3. The second-order valence-electron chi connectivity index (χ2n) is 5.05. The second-order valence-corrected chi connectivity index (χ2v) is 5.97. The number of likely N-dealkylation sites (N-methyl/N-ethyl adjacent to an activating group) is 1. The van der Waals surface area contributed by atoms with E-state index >= 15 is 0 Å². The van der Waals surface area contributed by atoms with Crippen molar-refractivity contribution in [1.29, 1.82) is 0 Å². The maximum atomic E-state index is 13.9. The molecule has 1 unspecified atom stereocenters. The zero-order valence-corrected chi connectivity index (χ0v) is 13.7. The molecule has 0 aliphatic carbocycles. The summed E-state index contributed by atoms with van der Waals surface area (Å²) in [7, 11) is 0. The smallest absolute Gasteiger partial charge is 0.126 e. The van der Waals surface area contributed by atoms with Crippen LogP contribution in [0.15, 0.2) is 40.9 Å². The number of benzene rings is 2. The maximum absolute atomic E-state index is 13.9. The number of hydrogen-bond donors (Lipinski definition) is 1. The number of aryl methyl sites for hydroxylation is 1. The fourth-order valence-corrected chi connectivity index (χ4v) is 2.85. The molecule has 0 aromatic heterocycles. The van der Waals surface area contributed by atoms with Gasteiger partial charge in [0, 0.05) is 10.5 Å². The fraction of sp³-hybridized carbons (Fsp3) is 0.294. The molecule has 0 spiro atoms. The average Bonchev–Trinajstić information content (AvgIpc) is 2.45. The van der Waals surface area contributed by atoms with E-state index in [4.69, 9.17) is 0 Å². The molecule has 0 saturated carbocycles. The van der Waals surface area contributed by atoms with Crippen LogP contribution < -0.4 is 5.32 Å². The highest BCUT2D eigenvalue weighted by Crippen LogP contribution is 2.25. The van der Waals surface area contributed by atoms with E-state index in [0.717, 1.165) is 22.1 Å². The summed E-state index contributed by atoms with van der Waals surface area (Å²) in [5.74, 6) is -0.511. The Morgan fingerprint density at radius 2 is 1.90 bits per heavy atom. The topological polar surface area (TPSA) is 12.0 Å². The molecule has 4 heteroatoms. The van der Waals surface area contributed by atoms with E-state index in [2.05, 4.69) is 21.2 Å². The quantitative estimate of drug-likeness (QED) is 0.803. The molecule has 0 aliphatic heterocycles. The maximum Gasteiger partial charge on any atom is 0.126 e. The highest BCUT2D eigenvalue weighted by molar-refractivity contribution is 9.10. The Balaban J connectivity index is 2.35. The molecule has 0 aliphatic rings. The molecule has 112 valence electrons. The minimum absolute atomic E-state index is 0.116. The molecule has 0 amide bonds. The van der Waals surface area contributed by atoms with Crippen LogP contribution >= 0.6 is 15.9 Å². The first-order valence-corrected chi connectivity index (χ1v) is 7.74. The van der Waals surface area contributed by atoms with Gasteiger partial charge in [0.2, 0.25) is 0 Å². The van der Waals surface area contributed by atoms with Gasteiger partial charge in [0.15, 0.2) is 0 Å². The summed E-state index contributed by atoms with van der Waals surface area (Å²) in [5.41, 5.74) is 2.48. The van der Waals surface area contributed by atoms with Gasteiger partial charge in [-0.3, -0.25) is 0 Å². The monoisotopic (exact) mass is 353 g/mol. The van der Waals surface area contributed by atoms with Gasteiger partial charge in [-0.15, -0.1) is 0 Å². The van der Waals surface area contributed by atoms with Gasteiger partial charge < -0.3 is 5.32 Å². The number of nitrogens with one attached hydrogen (secondary N) is 1. The molecule has 21 heavy (non-hydrogen) atoms. The van der Waals surface area contributed by atoms with Gasteiger partial charge in [-0.2, -0.15) is 0 Å². The van der Waals surface area contributed by atoms with Crippen LogP contribution in [0.5, 0.6) is 0 Å². The van der Waals surface area contributed by atoms with Crippen LogP contribution in [-0.2, 0) is 6.42 Å². The molecule has 2 aromatic rings. The van der Waals surface area contributed by atoms with E-state index < -0.39 is 0 Å². The van der Waals surface area contributed by atoms with E-state index in [1.54, 1.807) is 18.2 Å².